The second-order valence-corrected chi connectivity index (χ2v) is 4.59. The number of ether oxygens (including phenoxy) is 1. The van der Waals surface area contributed by atoms with E-state index in [1.807, 2.05) is 45.9 Å². The highest BCUT2D eigenvalue weighted by Gasteiger charge is 2.21. The lowest BCUT2D eigenvalue weighted by Gasteiger charge is -2.18. The highest BCUT2D eigenvalue weighted by atomic mass is 16.5. The van der Waals surface area contributed by atoms with Crippen LogP contribution < -0.4 is 0 Å². The largest absolute Gasteiger partial charge is 0.479 e. The van der Waals surface area contributed by atoms with Crippen LogP contribution in [0.3, 0.4) is 0 Å². The Balaban J connectivity index is 2.90. The van der Waals surface area contributed by atoms with Gasteiger partial charge in [-0.25, -0.2) is 4.79 Å². The van der Waals surface area contributed by atoms with Gasteiger partial charge in [-0.15, -0.1) is 0 Å². The van der Waals surface area contributed by atoms with Crippen molar-refractivity contribution in [1.82, 2.24) is 0 Å². The summed E-state index contributed by atoms with van der Waals surface area (Å²) in [7, 11) is 0. The van der Waals surface area contributed by atoms with Gasteiger partial charge in [0.1, 0.15) is 0 Å². The Kier molecular flexibility index (Phi) is 4.70. The fraction of sp³-hybridized carbons (Fsp3) is 0.500. The number of carboxylic acids is 1. The minimum absolute atomic E-state index is 0.0829. The molecule has 0 bridgehead atoms. The first-order chi connectivity index (χ1) is 7.91. The third-order valence-electron chi connectivity index (χ3n) is 2.75. The van der Waals surface area contributed by atoms with Crippen molar-refractivity contribution in [2.24, 2.45) is 0 Å². The molecule has 0 spiro atoms. The predicted molar refractivity (Wildman–Crippen MR) is 67.3 cm³/mol. The van der Waals surface area contributed by atoms with E-state index >= 15 is 0 Å². The molecule has 0 aromatic heterocycles. The van der Waals surface area contributed by atoms with Gasteiger partial charge in [-0.3, -0.25) is 0 Å². The Morgan fingerprint density at radius 3 is 2.24 bits per heavy atom. The fourth-order valence-electron chi connectivity index (χ4n) is 1.88. The summed E-state index contributed by atoms with van der Waals surface area (Å²) in [6.07, 6.45) is -0.429. The van der Waals surface area contributed by atoms with Gasteiger partial charge in [0.05, 0.1) is 6.10 Å². The third-order valence-corrected chi connectivity index (χ3v) is 2.75. The molecule has 0 radical (unpaired) electrons. The maximum absolute atomic E-state index is 11.1. The average molecular weight is 236 g/mol. The summed E-state index contributed by atoms with van der Waals surface area (Å²) >= 11 is 0. The smallest absolute Gasteiger partial charge is 0.333 e. The van der Waals surface area contributed by atoms with E-state index in [2.05, 4.69) is 0 Å². The monoisotopic (exact) mass is 236 g/mol. The first-order valence-corrected chi connectivity index (χ1v) is 5.85. The molecule has 0 heterocycles. The molecule has 1 rings (SSSR count). The first-order valence-electron chi connectivity index (χ1n) is 5.85. The van der Waals surface area contributed by atoms with Crippen molar-refractivity contribution in [3.8, 4) is 0 Å². The summed E-state index contributed by atoms with van der Waals surface area (Å²) in [5.41, 5.74) is 3.30. The lowest BCUT2D eigenvalue weighted by molar-refractivity contribution is -0.153. The van der Waals surface area contributed by atoms with Crippen molar-refractivity contribution in [2.45, 2.75) is 46.3 Å². The molecule has 0 aliphatic rings. The molecule has 17 heavy (non-hydrogen) atoms. The first kappa shape index (κ1) is 13.7. The minimum atomic E-state index is -0.902. The molecular formula is C14H20O3. The molecule has 0 saturated heterocycles. The molecule has 1 N–H and O–H groups in total. The van der Waals surface area contributed by atoms with Crippen LogP contribution >= 0.6 is 0 Å². The summed E-state index contributed by atoms with van der Waals surface area (Å²) in [4.78, 5) is 11.1. The van der Waals surface area contributed by atoms with Gasteiger partial charge in [0.2, 0.25) is 0 Å². The van der Waals surface area contributed by atoms with Crippen LogP contribution in [0.5, 0.6) is 0 Å². The fourth-order valence-corrected chi connectivity index (χ4v) is 1.88. The molecule has 1 atom stereocenters. The zero-order valence-electron chi connectivity index (χ0n) is 10.9. The van der Waals surface area contributed by atoms with Crippen molar-refractivity contribution >= 4 is 5.97 Å². The van der Waals surface area contributed by atoms with Crippen LogP contribution in [0.1, 0.15) is 30.5 Å². The zero-order chi connectivity index (χ0) is 13.0. The Morgan fingerprint density at radius 1 is 1.29 bits per heavy atom. The second-order valence-electron chi connectivity index (χ2n) is 4.59. The predicted octanol–water partition coefficient (Wildman–Crippen LogP) is 2.72. The summed E-state index contributed by atoms with van der Waals surface area (Å²) in [6, 6.07) is 5.97. The molecule has 1 aromatic rings. The Hall–Kier alpha value is -1.35. The Morgan fingerprint density at radius 2 is 1.82 bits per heavy atom. The van der Waals surface area contributed by atoms with Crippen molar-refractivity contribution in [3.63, 3.8) is 0 Å². The van der Waals surface area contributed by atoms with E-state index in [0.717, 1.165) is 16.7 Å². The number of aliphatic carboxylic acids is 1. The maximum Gasteiger partial charge on any atom is 0.333 e. The van der Waals surface area contributed by atoms with Gasteiger partial charge in [-0.2, -0.15) is 0 Å². The molecule has 94 valence electrons. The number of aryl methyl sites for hydroxylation is 2. The molecule has 3 nitrogen and oxygen atoms in total. The van der Waals surface area contributed by atoms with Crippen molar-refractivity contribution in [1.29, 1.82) is 0 Å². The van der Waals surface area contributed by atoms with E-state index in [1.165, 1.54) is 0 Å². The lowest BCUT2D eigenvalue weighted by Crippen LogP contribution is -2.29. The van der Waals surface area contributed by atoms with E-state index in [1.54, 1.807) is 0 Å². The number of hydrogen-bond donors (Lipinski definition) is 1. The van der Waals surface area contributed by atoms with E-state index in [4.69, 9.17) is 9.84 Å². The molecule has 0 aliphatic carbocycles. The van der Waals surface area contributed by atoms with Gasteiger partial charge in [0.15, 0.2) is 6.10 Å². The number of rotatable bonds is 5. The molecular weight excluding hydrogens is 216 g/mol. The SMILES string of the molecule is Cc1cccc(C)c1CC(OC(C)C)C(=O)O. The molecule has 0 aliphatic heterocycles. The Bertz CT molecular complexity index is 376. The minimum Gasteiger partial charge on any atom is -0.479 e. The summed E-state index contributed by atoms with van der Waals surface area (Å²) in [5.74, 6) is -0.902. The van der Waals surface area contributed by atoms with Gasteiger partial charge < -0.3 is 9.84 Å². The normalized spacial score (nSPS) is 12.8. The lowest BCUT2D eigenvalue weighted by atomic mass is 9.97. The summed E-state index contributed by atoms with van der Waals surface area (Å²) in [6.45, 7) is 7.69. The second kappa shape index (κ2) is 5.82. The zero-order valence-corrected chi connectivity index (χ0v) is 10.9. The molecule has 0 fully saturated rings. The van der Waals surface area contributed by atoms with E-state index in [-0.39, 0.29) is 6.10 Å². The van der Waals surface area contributed by atoms with Crippen LogP contribution in [-0.4, -0.2) is 23.3 Å². The van der Waals surface area contributed by atoms with E-state index in [0.29, 0.717) is 6.42 Å². The topological polar surface area (TPSA) is 46.5 Å². The highest BCUT2D eigenvalue weighted by molar-refractivity contribution is 5.73. The van der Waals surface area contributed by atoms with Crippen LogP contribution in [0.15, 0.2) is 18.2 Å². The molecule has 1 aromatic carbocycles. The van der Waals surface area contributed by atoms with Crippen molar-refractivity contribution in [3.05, 3.63) is 34.9 Å². The number of carboxylic acid groups (broad SMARTS) is 1. The van der Waals surface area contributed by atoms with E-state index < -0.39 is 12.1 Å². The quantitative estimate of drug-likeness (QED) is 0.855. The van der Waals surface area contributed by atoms with Crippen LogP contribution in [0, 0.1) is 13.8 Å². The number of hydrogen-bond acceptors (Lipinski definition) is 2. The third kappa shape index (κ3) is 3.86. The van der Waals surface area contributed by atoms with Gasteiger partial charge in [-0.05, 0) is 44.4 Å². The standard InChI is InChI=1S/C14H20O3/c1-9(2)17-13(14(15)16)8-12-10(3)6-5-7-11(12)4/h5-7,9,13H,8H2,1-4H3,(H,15,16). The van der Waals surface area contributed by atoms with Crippen molar-refractivity contribution in [2.75, 3.05) is 0 Å². The van der Waals surface area contributed by atoms with Gasteiger partial charge in [0, 0.05) is 6.42 Å². The number of benzene rings is 1. The van der Waals surface area contributed by atoms with E-state index in [9.17, 15) is 4.79 Å². The molecule has 3 heteroatoms. The van der Waals surface area contributed by atoms with Crippen LogP contribution in [0.2, 0.25) is 0 Å². The average Bonchev–Trinajstić information content (AvgIpc) is 2.21. The van der Waals surface area contributed by atoms with Crippen LogP contribution in [0.25, 0.3) is 0 Å². The molecule has 1 unspecified atom stereocenters. The molecule has 0 saturated carbocycles. The van der Waals surface area contributed by atoms with Crippen LogP contribution in [0.4, 0.5) is 0 Å². The van der Waals surface area contributed by atoms with Crippen LogP contribution in [-0.2, 0) is 16.0 Å². The van der Waals surface area contributed by atoms with Gasteiger partial charge >= 0.3 is 5.97 Å². The number of carbonyl (C=O) groups is 1. The van der Waals surface area contributed by atoms with Gasteiger partial charge in [-0.1, -0.05) is 18.2 Å². The highest BCUT2D eigenvalue weighted by Crippen LogP contribution is 2.17. The molecule has 0 amide bonds. The Labute approximate surface area is 102 Å². The van der Waals surface area contributed by atoms with Gasteiger partial charge in [0.25, 0.3) is 0 Å². The summed E-state index contributed by atoms with van der Waals surface area (Å²) in [5, 5.41) is 9.14. The van der Waals surface area contributed by atoms with Crippen molar-refractivity contribution < 1.29 is 14.6 Å². The maximum atomic E-state index is 11.1. The summed E-state index contributed by atoms with van der Waals surface area (Å²) < 4.78 is 5.43.